The number of nitrogens with zero attached hydrogens (tertiary/aromatic N) is 3. The van der Waals surface area contributed by atoms with Gasteiger partial charge in [0.2, 0.25) is 5.95 Å². The molecule has 9 nitrogen and oxygen atoms in total. The molecule has 0 saturated carbocycles. The minimum atomic E-state index is -2.92. The van der Waals surface area contributed by atoms with E-state index in [2.05, 4.69) is 31.9 Å². The molecule has 3 N–H and O–H groups in total. The maximum Gasteiger partial charge on any atom is 0.442 e. The van der Waals surface area contributed by atoms with E-state index in [1.807, 2.05) is 17.5 Å². The fourth-order valence-corrected chi connectivity index (χ4v) is 5.00. The molecule has 0 saturated heterocycles. The van der Waals surface area contributed by atoms with Gasteiger partial charge in [-0.05, 0) is 49.1 Å². The molecule has 182 valence electrons. The number of carbonyl (C=O) groups excluding carboxylic acids is 1. The normalized spacial score (nSPS) is 13.5. The average molecular weight is 504 g/mol. The molecular weight excluding hydrogens is 474 g/mol. The summed E-state index contributed by atoms with van der Waals surface area (Å²) < 4.78 is 21.2. The van der Waals surface area contributed by atoms with Crippen molar-refractivity contribution in [1.29, 1.82) is 0 Å². The molecule has 11 heteroatoms. The van der Waals surface area contributed by atoms with E-state index in [9.17, 15) is 14.1 Å². The first kappa shape index (κ1) is 25.6. The van der Waals surface area contributed by atoms with E-state index < -0.39 is 15.8 Å². The summed E-state index contributed by atoms with van der Waals surface area (Å²) in [7, 11) is -2.92. The molecule has 1 amide bonds. The molecule has 0 radical (unpaired) electrons. The molecule has 0 aliphatic heterocycles. The molecule has 0 aliphatic carbocycles. The quantitative estimate of drug-likeness (QED) is 0.347. The van der Waals surface area contributed by atoms with Crippen LogP contribution in [0.15, 0.2) is 57.2 Å². The number of benzene rings is 1. The maximum atomic E-state index is 12.8. The molecule has 2 atom stereocenters. The second-order valence-electron chi connectivity index (χ2n) is 7.49. The van der Waals surface area contributed by atoms with E-state index in [-0.39, 0.29) is 19.3 Å². The highest BCUT2D eigenvalue weighted by atomic mass is 32.2. The number of hydrogen-bond donors (Lipinski definition) is 3. The number of hydrogen-bond acceptors (Lipinski definition) is 9. The van der Waals surface area contributed by atoms with Gasteiger partial charge in [-0.25, -0.2) is 14.0 Å². The first-order valence-corrected chi connectivity index (χ1v) is 13.7. The third-order valence-corrected chi connectivity index (χ3v) is 7.39. The Balaban J connectivity index is 1.84. The predicted molar refractivity (Wildman–Crippen MR) is 136 cm³/mol. The summed E-state index contributed by atoms with van der Waals surface area (Å²) in [6.07, 6.45) is 4.03. The van der Waals surface area contributed by atoms with Crippen LogP contribution in [0.1, 0.15) is 26.7 Å². The SMILES string of the molecule is CCCC(CO)Nc1nc(Nc2ccc(S(C)(=O)=NC(=O)OCC)cc2)ncc1-c1cccs1. The number of amides is 1. The van der Waals surface area contributed by atoms with Gasteiger partial charge in [0.1, 0.15) is 5.82 Å². The highest BCUT2D eigenvalue weighted by Gasteiger charge is 2.15. The van der Waals surface area contributed by atoms with Crippen LogP contribution in [-0.4, -0.2) is 50.9 Å². The highest BCUT2D eigenvalue weighted by molar-refractivity contribution is 7.93. The molecule has 0 fully saturated rings. The van der Waals surface area contributed by atoms with Gasteiger partial charge in [0, 0.05) is 27.9 Å². The van der Waals surface area contributed by atoms with Crippen molar-refractivity contribution in [1.82, 2.24) is 9.97 Å². The summed E-state index contributed by atoms with van der Waals surface area (Å²) >= 11 is 1.59. The molecular formula is C23H29N5O4S2. The van der Waals surface area contributed by atoms with Crippen molar-refractivity contribution in [2.75, 3.05) is 30.1 Å². The molecule has 3 rings (SSSR count). The van der Waals surface area contributed by atoms with Crippen molar-refractivity contribution in [3.05, 3.63) is 48.0 Å². The topological polar surface area (TPSA) is 126 Å². The van der Waals surface area contributed by atoms with Crippen LogP contribution < -0.4 is 10.6 Å². The van der Waals surface area contributed by atoms with Gasteiger partial charge in [0.25, 0.3) is 0 Å². The summed E-state index contributed by atoms with van der Waals surface area (Å²) in [5, 5.41) is 18.2. The van der Waals surface area contributed by atoms with E-state index >= 15 is 0 Å². The summed E-state index contributed by atoms with van der Waals surface area (Å²) in [5.74, 6) is 1.01. The standard InChI is InChI=1S/C23H29N5O4S2/c1-4-7-17(15-29)25-21-19(20-8-6-13-33-20)14-24-22(27-21)26-16-9-11-18(12-10-16)34(3,31)28-23(30)32-5-2/h6,8-14,17,29H,4-5,7,15H2,1-3H3,(H2,24,25,26,27). The molecule has 1 aromatic carbocycles. The van der Waals surface area contributed by atoms with Crippen LogP contribution in [0.25, 0.3) is 10.4 Å². The fourth-order valence-electron chi connectivity index (χ4n) is 3.18. The smallest absolute Gasteiger partial charge is 0.442 e. The van der Waals surface area contributed by atoms with E-state index in [0.29, 0.717) is 22.3 Å². The van der Waals surface area contributed by atoms with Gasteiger partial charge >= 0.3 is 6.09 Å². The Labute approximate surface area is 203 Å². The van der Waals surface area contributed by atoms with Crippen LogP contribution in [0.2, 0.25) is 0 Å². The average Bonchev–Trinajstić information content (AvgIpc) is 3.34. The number of thiophene rings is 1. The van der Waals surface area contributed by atoms with Crippen LogP contribution in [0.4, 0.5) is 22.2 Å². The van der Waals surface area contributed by atoms with Gasteiger partial charge < -0.3 is 20.5 Å². The minimum absolute atomic E-state index is 0.000897. The van der Waals surface area contributed by atoms with Crippen LogP contribution in [-0.2, 0) is 14.5 Å². The Morgan fingerprint density at radius 1 is 1.26 bits per heavy atom. The van der Waals surface area contributed by atoms with Crippen LogP contribution >= 0.6 is 11.3 Å². The lowest BCUT2D eigenvalue weighted by Crippen LogP contribution is -2.24. The largest absolute Gasteiger partial charge is 0.448 e. The van der Waals surface area contributed by atoms with E-state index in [1.54, 1.807) is 48.7 Å². The molecule has 0 aliphatic rings. The Morgan fingerprint density at radius 3 is 2.65 bits per heavy atom. The molecule has 3 aromatic rings. The van der Waals surface area contributed by atoms with Crippen LogP contribution in [0, 0.1) is 0 Å². The Morgan fingerprint density at radius 2 is 2.03 bits per heavy atom. The van der Waals surface area contributed by atoms with Gasteiger partial charge in [0.15, 0.2) is 0 Å². The number of rotatable bonds is 10. The van der Waals surface area contributed by atoms with Crippen LogP contribution in [0.5, 0.6) is 0 Å². The molecule has 34 heavy (non-hydrogen) atoms. The first-order chi connectivity index (χ1) is 16.4. The second kappa shape index (κ2) is 11.9. The number of carbonyl (C=O) groups is 1. The van der Waals surface area contributed by atoms with Gasteiger partial charge in [-0.2, -0.15) is 4.98 Å². The lowest BCUT2D eigenvalue weighted by atomic mass is 10.1. The van der Waals surface area contributed by atoms with Crippen molar-refractivity contribution >= 4 is 44.6 Å². The fraction of sp³-hybridized carbons (Fsp3) is 0.348. The van der Waals surface area contributed by atoms with E-state index in [1.165, 1.54) is 6.26 Å². The van der Waals surface area contributed by atoms with E-state index in [4.69, 9.17) is 4.74 Å². The number of ether oxygens (including phenoxy) is 1. The van der Waals surface area contributed by atoms with Gasteiger partial charge in [-0.3, -0.25) is 0 Å². The van der Waals surface area contributed by atoms with Crippen molar-refractivity contribution in [2.45, 2.75) is 37.6 Å². The summed E-state index contributed by atoms with van der Waals surface area (Å²) in [5.41, 5.74) is 1.54. The highest BCUT2D eigenvalue weighted by Crippen LogP contribution is 2.31. The maximum absolute atomic E-state index is 12.8. The molecule has 2 unspecified atom stereocenters. The Bertz CT molecular complexity index is 1210. The zero-order valence-electron chi connectivity index (χ0n) is 19.4. The Kier molecular flexibility index (Phi) is 8.97. The monoisotopic (exact) mass is 503 g/mol. The number of nitrogens with one attached hydrogen (secondary N) is 2. The Hall–Kier alpha value is -3.02. The zero-order chi connectivity index (χ0) is 24.6. The summed E-state index contributed by atoms with van der Waals surface area (Å²) in [6, 6.07) is 10.6. The summed E-state index contributed by atoms with van der Waals surface area (Å²) in [4.78, 5) is 22.1. The third kappa shape index (κ3) is 6.75. The van der Waals surface area contributed by atoms with Crippen molar-refractivity contribution in [3.8, 4) is 10.4 Å². The summed E-state index contributed by atoms with van der Waals surface area (Å²) in [6.45, 7) is 3.89. The van der Waals surface area contributed by atoms with Gasteiger partial charge in [-0.15, -0.1) is 15.7 Å². The minimum Gasteiger partial charge on any atom is -0.448 e. The van der Waals surface area contributed by atoms with Crippen molar-refractivity contribution in [2.24, 2.45) is 4.36 Å². The number of aromatic nitrogens is 2. The molecule has 2 heterocycles. The second-order valence-corrected chi connectivity index (χ2v) is 10.7. The van der Waals surface area contributed by atoms with Gasteiger partial charge in [-0.1, -0.05) is 19.4 Å². The molecule has 2 aromatic heterocycles. The first-order valence-electron chi connectivity index (χ1n) is 10.9. The van der Waals surface area contributed by atoms with Crippen molar-refractivity contribution < 1.29 is 18.8 Å². The zero-order valence-corrected chi connectivity index (χ0v) is 21.0. The number of aliphatic hydroxyl groups excluding tert-OH is 1. The number of aliphatic hydroxyl groups is 1. The number of anilines is 3. The van der Waals surface area contributed by atoms with E-state index in [0.717, 1.165) is 23.3 Å². The molecule has 0 spiro atoms. The predicted octanol–water partition coefficient (Wildman–Crippen LogP) is 5.13. The lowest BCUT2D eigenvalue weighted by Gasteiger charge is -2.19. The third-order valence-electron chi connectivity index (χ3n) is 4.84. The van der Waals surface area contributed by atoms with Crippen LogP contribution in [0.3, 0.4) is 0 Å². The molecule has 0 bridgehead atoms. The van der Waals surface area contributed by atoms with Crippen molar-refractivity contribution in [3.63, 3.8) is 0 Å². The van der Waals surface area contributed by atoms with Gasteiger partial charge in [0.05, 0.1) is 34.5 Å². The lowest BCUT2D eigenvalue weighted by molar-refractivity contribution is 0.164.